The molecule has 1 aromatic heterocycles. The summed E-state index contributed by atoms with van der Waals surface area (Å²) in [7, 11) is -5.54. The van der Waals surface area contributed by atoms with E-state index >= 15 is 0 Å². The standard InChI is InChI=1S/C64H48N4Si2/c1-7-25-51(26-8-1)69(52-27-9-2-10-28-52,53-29-11-3-12-30-53)57-37-23-24-50(46-57)68-63-42-40-49(47-64(63)65-44-21-22-45-66(65)68)67-61-39-20-19-38-59(61)60-48-58(41-43-62(60)67)70(54-31-13-4-14-32-54,55-33-15-5-16-34-55)56-35-17-6-18-36-56/h1-48H. The molecule has 11 aromatic rings. The maximum atomic E-state index is 2.51. The van der Waals surface area contributed by atoms with E-state index in [-0.39, 0.29) is 0 Å². The van der Waals surface area contributed by atoms with Gasteiger partial charge in [-0.25, -0.2) is 10.0 Å². The number of allylic oxidation sites excluding steroid dienone is 2. The Hall–Kier alpha value is -8.69. The van der Waals surface area contributed by atoms with Gasteiger partial charge in [0.1, 0.15) is 0 Å². The van der Waals surface area contributed by atoms with Gasteiger partial charge >= 0.3 is 0 Å². The normalized spacial score (nSPS) is 13.2. The number of benzene rings is 10. The van der Waals surface area contributed by atoms with E-state index < -0.39 is 16.1 Å². The molecule has 6 heteroatoms. The minimum absolute atomic E-state index is 1.10. The van der Waals surface area contributed by atoms with Crippen LogP contribution >= 0.6 is 0 Å². The number of anilines is 3. The molecule has 0 N–H and O–H groups in total. The summed E-state index contributed by atoms with van der Waals surface area (Å²) in [5.74, 6) is 0. The Morgan fingerprint density at radius 2 is 0.714 bits per heavy atom. The van der Waals surface area contributed by atoms with Gasteiger partial charge in [-0.1, -0.05) is 224 Å². The molecule has 0 bridgehead atoms. The number of rotatable bonds is 10. The molecule has 332 valence electrons. The fourth-order valence-electron chi connectivity index (χ4n) is 11.6. The summed E-state index contributed by atoms with van der Waals surface area (Å²) < 4.78 is 2.46. The number of nitrogens with zero attached hydrogens (tertiary/aromatic N) is 4. The second-order valence-corrected chi connectivity index (χ2v) is 25.8. The third kappa shape index (κ3) is 6.42. The summed E-state index contributed by atoms with van der Waals surface area (Å²) in [6.45, 7) is 0. The van der Waals surface area contributed by atoms with Gasteiger partial charge in [-0.15, -0.1) is 0 Å². The van der Waals surface area contributed by atoms with Crippen LogP contribution in [0.5, 0.6) is 0 Å². The van der Waals surface area contributed by atoms with Gasteiger partial charge in [-0.3, -0.25) is 0 Å². The van der Waals surface area contributed by atoms with Crippen molar-refractivity contribution < 1.29 is 0 Å². The molecule has 0 saturated heterocycles. The molecule has 0 radical (unpaired) electrons. The predicted octanol–water partition coefficient (Wildman–Crippen LogP) is 9.67. The van der Waals surface area contributed by atoms with Crippen molar-refractivity contribution in [2.45, 2.75) is 0 Å². The van der Waals surface area contributed by atoms with Crippen LogP contribution in [0.3, 0.4) is 0 Å². The van der Waals surface area contributed by atoms with E-state index in [0.717, 1.165) is 22.7 Å². The second-order valence-electron chi connectivity index (χ2n) is 18.2. The molecule has 0 atom stereocenters. The Bertz CT molecular complexity index is 3530. The lowest BCUT2D eigenvalue weighted by molar-refractivity contribution is 0.408. The van der Waals surface area contributed by atoms with Crippen LogP contribution in [0.4, 0.5) is 17.1 Å². The SMILES string of the molecule is C1=CN2c3cc(-n4c5ccccc5c5cc([Si](c6ccccc6)(c6ccccc6)c6ccccc6)ccc54)ccc3N(c3cccc([Si](c4ccccc4)(c4ccccc4)c4ccccc4)c3)N2C=C1. The Morgan fingerprint density at radius 3 is 1.24 bits per heavy atom. The van der Waals surface area contributed by atoms with Gasteiger partial charge in [0.25, 0.3) is 0 Å². The number of hydrazine groups is 2. The molecular formula is C64H48N4Si2. The molecule has 0 fully saturated rings. The molecule has 10 aromatic carbocycles. The monoisotopic (exact) mass is 928 g/mol. The van der Waals surface area contributed by atoms with Gasteiger partial charge < -0.3 is 4.57 Å². The summed E-state index contributed by atoms with van der Waals surface area (Å²) in [6, 6.07) is 99.6. The quantitative estimate of drug-likeness (QED) is 0.100. The second kappa shape index (κ2) is 17.1. The van der Waals surface area contributed by atoms with Crippen LogP contribution in [0, 0.1) is 0 Å². The molecule has 0 amide bonds. The Balaban J connectivity index is 0.978. The average Bonchev–Trinajstić information content (AvgIpc) is 3.95. The number of para-hydroxylation sites is 1. The first-order valence-corrected chi connectivity index (χ1v) is 28.1. The van der Waals surface area contributed by atoms with Crippen LogP contribution in [0.2, 0.25) is 0 Å². The molecule has 0 spiro atoms. The largest absolute Gasteiger partial charge is 0.309 e. The zero-order valence-corrected chi connectivity index (χ0v) is 40.5. The first kappa shape index (κ1) is 41.5. The minimum Gasteiger partial charge on any atom is -0.309 e. The molecule has 2 aliphatic rings. The molecule has 70 heavy (non-hydrogen) atoms. The van der Waals surface area contributed by atoms with E-state index in [1.54, 1.807) is 0 Å². The molecule has 3 heterocycles. The van der Waals surface area contributed by atoms with Crippen molar-refractivity contribution >= 4 is 96.5 Å². The van der Waals surface area contributed by atoms with E-state index in [4.69, 9.17) is 0 Å². The van der Waals surface area contributed by atoms with Gasteiger partial charge in [0.2, 0.25) is 0 Å². The number of fused-ring (bicyclic) bond motifs is 6. The maximum Gasteiger partial charge on any atom is 0.179 e. The zero-order valence-electron chi connectivity index (χ0n) is 38.5. The lowest BCUT2D eigenvalue weighted by Crippen LogP contribution is -2.74. The summed E-state index contributed by atoms with van der Waals surface area (Å²) in [4.78, 5) is 0. The number of hydrogen-bond acceptors (Lipinski definition) is 3. The van der Waals surface area contributed by atoms with E-state index in [2.05, 4.69) is 311 Å². The van der Waals surface area contributed by atoms with Crippen molar-refractivity contribution in [1.82, 2.24) is 9.69 Å². The highest BCUT2D eigenvalue weighted by Crippen LogP contribution is 2.46. The molecule has 2 aliphatic heterocycles. The minimum atomic E-state index is -2.78. The summed E-state index contributed by atoms with van der Waals surface area (Å²) >= 11 is 0. The fraction of sp³-hybridized carbons (Fsp3) is 0. The first-order chi connectivity index (χ1) is 34.7. The van der Waals surface area contributed by atoms with Crippen LogP contribution in [0.1, 0.15) is 0 Å². The van der Waals surface area contributed by atoms with Crippen molar-refractivity contribution in [2.75, 3.05) is 10.0 Å². The van der Waals surface area contributed by atoms with Crippen molar-refractivity contribution in [3.05, 3.63) is 291 Å². The fourth-order valence-corrected chi connectivity index (χ4v) is 21.2. The van der Waals surface area contributed by atoms with Gasteiger partial charge in [0, 0.05) is 28.9 Å². The van der Waals surface area contributed by atoms with Crippen LogP contribution in [0.25, 0.3) is 27.5 Å². The molecule has 13 rings (SSSR count). The van der Waals surface area contributed by atoms with E-state index in [1.165, 1.54) is 63.3 Å². The molecule has 0 saturated carbocycles. The molecule has 4 nitrogen and oxygen atoms in total. The van der Waals surface area contributed by atoms with Crippen LogP contribution in [0.15, 0.2) is 291 Å². The third-order valence-electron chi connectivity index (χ3n) is 14.5. The van der Waals surface area contributed by atoms with Crippen molar-refractivity contribution in [3.63, 3.8) is 0 Å². The van der Waals surface area contributed by atoms with E-state index in [9.17, 15) is 0 Å². The van der Waals surface area contributed by atoms with E-state index in [0.29, 0.717) is 0 Å². The Labute approximate surface area is 411 Å². The smallest absolute Gasteiger partial charge is 0.179 e. The maximum absolute atomic E-state index is 2.78. The van der Waals surface area contributed by atoms with Gasteiger partial charge in [0.15, 0.2) is 16.1 Å². The predicted molar refractivity (Wildman–Crippen MR) is 299 cm³/mol. The lowest BCUT2D eigenvalue weighted by atomic mass is 10.1. The third-order valence-corrected chi connectivity index (χ3v) is 24.1. The summed E-state index contributed by atoms with van der Waals surface area (Å²) in [5, 5.41) is 20.2. The summed E-state index contributed by atoms with van der Waals surface area (Å²) in [5.41, 5.74) is 6.78. The number of hydrogen-bond donors (Lipinski definition) is 0. The summed E-state index contributed by atoms with van der Waals surface area (Å²) in [6.07, 6.45) is 8.57. The highest BCUT2D eigenvalue weighted by Gasteiger charge is 2.44. The Morgan fingerprint density at radius 1 is 0.271 bits per heavy atom. The van der Waals surface area contributed by atoms with Crippen molar-refractivity contribution in [2.24, 2.45) is 0 Å². The van der Waals surface area contributed by atoms with Gasteiger partial charge in [0.05, 0.1) is 28.1 Å². The molecule has 0 aliphatic carbocycles. The van der Waals surface area contributed by atoms with Crippen LogP contribution in [-0.2, 0) is 0 Å². The zero-order chi connectivity index (χ0) is 46.5. The highest BCUT2D eigenvalue weighted by molar-refractivity contribution is 7.20. The average molecular weight is 929 g/mol. The first-order valence-electron chi connectivity index (χ1n) is 24.1. The van der Waals surface area contributed by atoms with Crippen LogP contribution < -0.4 is 51.5 Å². The van der Waals surface area contributed by atoms with E-state index in [1.807, 2.05) is 0 Å². The highest BCUT2D eigenvalue weighted by atomic mass is 28.3. The van der Waals surface area contributed by atoms with Crippen LogP contribution in [-0.4, -0.2) is 25.8 Å². The molecular weight excluding hydrogens is 881 g/mol. The number of aromatic nitrogens is 1. The van der Waals surface area contributed by atoms with Crippen molar-refractivity contribution in [1.29, 1.82) is 0 Å². The molecule has 0 unspecified atom stereocenters. The van der Waals surface area contributed by atoms with Gasteiger partial charge in [-0.2, -0.15) is 5.12 Å². The van der Waals surface area contributed by atoms with Gasteiger partial charge in [-0.05, 0) is 96.1 Å². The lowest BCUT2D eigenvalue weighted by Gasteiger charge is -2.37. The van der Waals surface area contributed by atoms with Crippen molar-refractivity contribution in [3.8, 4) is 5.69 Å². The topological polar surface area (TPSA) is 14.7 Å². The Kier molecular flexibility index (Phi) is 10.2.